The maximum absolute atomic E-state index is 12.8. The van der Waals surface area contributed by atoms with Gasteiger partial charge in [0, 0.05) is 37.6 Å². The van der Waals surface area contributed by atoms with E-state index in [9.17, 15) is 4.79 Å². The highest BCUT2D eigenvalue weighted by molar-refractivity contribution is 5.92. The van der Waals surface area contributed by atoms with Crippen LogP contribution in [-0.4, -0.2) is 45.9 Å². The minimum absolute atomic E-state index is 0.000833. The van der Waals surface area contributed by atoms with Gasteiger partial charge in [0.2, 0.25) is 0 Å². The van der Waals surface area contributed by atoms with Crippen LogP contribution < -0.4 is 5.32 Å². The molecule has 2 rings (SSSR count). The first-order valence-corrected chi connectivity index (χ1v) is 7.79. The molecule has 1 aromatic rings. The number of hydrogen-bond acceptors (Lipinski definition) is 4. The zero-order valence-corrected chi connectivity index (χ0v) is 13.4. The van der Waals surface area contributed by atoms with E-state index in [1.54, 1.807) is 18.6 Å². The van der Waals surface area contributed by atoms with E-state index >= 15 is 0 Å². The SMILES string of the molecule is CC(C)CC1CNC(C(C)C)CN1C(=O)c1cnccn1. The Kier molecular flexibility index (Phi) is 5.28. The van der Waals surface area contributed by atoms with Crippen molar-refractivity contribution in [2.75, 3.05) is 13.1 Å². The lowest BCUT2D eigenvalue weighted by atomic mass is 9.95. The molecule has 0 aliphatic carbocycles. The maximum Gasteiger partial charge on any atom is 0.274 e. The first-order valence-electron chi connectivity index (χ1n) is 7.79. The number of rotatable bonds is 4. The molecule has 2 heterocycles. The molecule has 5 nitrogen and oxygen atoms in total. The van der Waals surface area contributed by atoms with Crippen molar-refractivity contribution in [3.63, 3.8) is 0 Å². The fourth-order valence-corrected chi connectivity index (χ4v) is 2.83. The standard InChI is InChI=1S/C16H26N4O/c1-11(2)7-13-8-19-15(12(3)4)10-20(13)16(21)14-9-17-5-6-18-14/h5-6,9,11-13,15,19H,7-8,10H2,1-4H3. The Labute approximate surface area is 127 Å². The fraction of sp³-hybridized carbons (Fsp3) is 0.688. The highest BCUT2D eigenvalue weighted by Crippen LogP contribution is 2.20. The molecule has 1 aliphatic heterocycles. The second-order valence-corrected chi connectivity index (χ2v) is 6.59. The Hall–Kier alpha value is -1.49. The second-order valence-electron chi connectivity index (χ2n) is 6.59. The van der Waals surface area contributed by atoms with E-state index in [0.29, 0.717) is 23.6 Å². The number of aromatic nitrogens is 2. The summed E-state index contributed by atoms with van der Waals surface area (Å²) in [5.74, 6) is 1.06. The third-order valence-electron chi connectivity index (χ3n) is 4.04. The van der Waals surface area contributed by atoms with E-state index in [2.05, 4.69) is 43.0 Å². The average molecular weight is 290 g/mol. The summed E-state index contributed by atoms with van der Waals surface area (Å²) in [5.41, 5.74) is 0.440. The smallest absolute Gasteiger partial charge is 0.274 e. The molecule has 1 N–H and O–H groups in total. The number of nitrogens with one attached hydrogen (secondary N) is 1. The van der Waals surface area contributed by atoms with Gasteiger partial charge < -0.3 is 10.2 Å². The summed E-state index contributed by atoms with van der Waals surface area (Å²) in [6, 6.07) is 0.573. The van der Waals surface area contributed by atoms with E-state index in [0.717, 1.165) is 19.5 Å². The molecule has 1 amide bonds. The lowest BCUT2D eigenvalue weighted by Crippen LogP contribution is -2.60. The Balaban J connectivity index is 2.18. The van der Waals surface area contributed by atoms with Crippen LogP contribution in [0.4, 0.5) is 0 Å². The van der Waals surface area contributed by atoms with Crippen LogP contribution >= 0.6 is 0 Å². The van der Waals surface area contributed by atoms with Crippen molar-refractivity contribution in [2.45, 2.75) is 46.2 Å². The Bertz CT molecular complexity index is 461. The molecular weight excluding hydrogens is 264 g/mol. The predicted octanol–water partition coefficient (Wildman–Crippen LogP) is 1.96. The number of carbonyl (C=O) groups is 1. The predicted molar refractivity (Wildman–Crippen MR) is 82.9 cm³/mol. The van der Waals surface area contributed by atoms with Gasteiger partial charge in [-0.05, 0) is 18.3 Å². The highest BCUT2D eigenvalue weighted by atomic mass is 16.2. The van der Waals surface area contributed by atoms with Crippen LogP contribution in [0.5, 0.6) is 0 Å². The van der Waals surface area contributed by atoms with E-state index in [4.69, 9.17) is 0 Å². The van der Waals surface area contributed by atoms with Crippen molar-refractivity contribution in [1.29, 1.82) is 0 Å². The Morgan fingerprint density at radius 2 is 2.14 bits per heavy atom. The molecule has 21 heavy (non-hydrogen) atoms. The normalized spacial score (nSPS) is 22.9. The zero-order valence-electron chi connectivity index (χ0n) is 13.4. The average Bonchev–Trinajstić information content (AvgIpc) is 2.47. The topological polar surface area (TPSA) is 58.1 Å². The van der Waals surface area contributed by atoms with Crippen molar-refractivity contribution >= 4 is 5.91 Å². The van der Waals surface area contributed by atoms with Gasteiger partial charge in [0.15, 0.2) is 0 Å². The minimum Gasteiger partial charge on any atom is -0.331 e. The molecule has 1 aliphatic rings. The number of piperazine rings is 1. The van der Waals surface area contributed by atoms with E-state index in [1.165, 1.54) is 0 Å². The minimum atomic E-state index is 0.000833. The molecule has 116 valence electrons. The third kappa shape index (κ3) is 4.00. The van der Waals surface area contributed by atoms with Gasteiger partial charge in [0.05, 0.1) is 6.20 Å². The van der Waals surface area contributed by atoms with Crippen LogP contribution in [-0.2, 0) is 0 Å². The summed E-state index contributed by atoms with van der Waals surface area (Å²) in [6.45, 7) is 10.4. The summed E-state index contributed by atoms with van der Waals surface area (Å²) < 4.78 is 0. The second kappa shape index (κ2) is 6.98. The van der Waals surface area contributed by atoms with Crippen LogP contribution in [0, 0.1) is 11.8 Å². The number of carbonyl (C=O) groups excluding carboxylic acids is 1. The number of amides is 1. The number of nitrogens with zero attached hydrogens (tertiary/aromatic N) is 3. The molecule has 1 fully saturated rings. The zero-order chi connectivity index (χ0) is 15.4. The van der Waals surface area contributed by atoms with Crippen molar-refractivity contribution in [3.05, 3.63) is 24.3 Å². The first-order chi connectivity index (χ1) is 9.99. The third-order valence-corrected chi connectivity index (χ3v) is 4.04. The summed E-state index contributed by atoms with van der Waals surface area (Å²) in [4.78, 5) is 22.9. The largest absolute Gasteiger partial charge is 0.331 e. The van der Waals surface area contributed by atoms with Gasteiger partial charge in [-0.15, -0.1) is 0 Å². The van der Waals surface area contributed by atoms with Gasteiger partial charge in [-0.3, -0.25) is 9.78 Å². The van der Waals surface area contributed by atoms with Gasteiger partial charge in [0.1, 0.15) is 5.69 Å². The van der Waals surface area contributed by atoms with Crippen LogP contribution in [0.25, 0.3) is 0 Å². The van der Waals surface area contributed by atoms with Crippen molar-refractivity contribution in [3.8, 4) is 0 Å². The molecule has 0 aromatic carbocycles. The van der Waals surface area contributed by atoms with Crippen LogP contribution in [0.3, 0.4) is 0 Å². The molecule has 2 unspecified atom stereocenters. The molecule has 0 saturated carbocycles. The fourth-order valence-electron chi connectivity index (χ4n) is 2.83. The van der Waals surface area contributed by atoms with Gasteiger partial charge in [0.25, 0.3) is 5.91 Å². The molecule has 5 heteroatoms. The summed E-state index contributed by atoms with van der Waals surface area (Å²) in [7, 11) is 0. The molecule has 0 radical (unpaired) electrons. The van der Waals surface area contributed by atoms with E-state index in [1.807, 2.05) is 4.90 Å². The molecule has 1 aromatic heterocycles. The molecule has 2 atom stereocenters. The first kappa shape index (κ1) is 15.9. The van der Waals surface area contributed by atoms with E-state index < -0.39 is 0 Å². The molecular formula is C16H26N4O. The van der Waals surface area contributed by atoms with Gasteiger partial charge in [-0.1, -0.05) is 27.7 Å². The van der Waals surface area contributed by atoms with Gasteiger partial charge >= 0.3 is 0 Å². The monoisotopic (exact) mass is 290 g/mol. The van der Waals surface area contributed by atoms with Gasteiger partial charge in [-0.2, -0.15) is 0 Å². The lowest BCUT2D eigenvalue weighted by molar-refractivity contribution is 0.0515. The summed E-state index contributed by atoms with van der Waals surface area (Å²) in [6.07, 6.45) is 5.73. The van der Waals surface area contributed by atoms with Crippen molar-refractivity contribution in [1.82, 2.24) is 20.2 Å². The molecule has 0 spiro atoms. The van der Waals surface area contributed by atoms with Crippen molar-refractivity contribution < 1.29 is 4.79 Å². The lowest BCUT2D eigenvalue weighted by Gasteiger charge is -2.42. The Morgan fingerprint density at radius 3 is 2.71 bits per heavy atom. The van der Waals surface area contributed by atoms with Crippen LogP contribution in [0.1, 0.15) is 44.6 Å². The highest BCUT2D eigenvalue weighted by Gasteiger charge is 2.33. The van der Waals surface area contributed by atoms with E-state index in [-0.39, 0.29) is 11.9 Å². The summed E-state index contributed by atoms with van der Waals surface area (Å²) >= 11 is 0. The quantitative estimate of drug-likeness (QED) is 0.921. The summed E-state index contributed by atoms with van der Waals surface area (Å²) in [5, 5.41) is 3.58. The maximum atomic E-state index is 12.8. The number of hydrogen-bond donors (Lipinski definition) is 1. The molecule has 1 saturated heterocycles. The van der Waals surface area contributed by atoms with Crippen LogP contribution in [0.2, 0.25) is 0 Å². The molecule has 0 bridgehead atoms. The van der Waals surface area contributed by atoms with Crippen LogP contribution in [0.15, 0.2) is 18.6 Å². The van der Waals surface area contributed by atoms with Gasteiger partial charge in [-0.25, -0.2) is 4.98 Å². The Morgan fingerprint density at radius 1 is 1.38 bits per heavy atom. The van der Waals surface area contributed by atoms with Crippen molar-refractivity contribution in [2.24, 2.45) is 11.8 Å².